The predicted molar refractivity (Wildman–Crippen MR) is 104 cm³/mol. The van der Waals surface area contributed by atoms with E-state index in [1.54, 1.807) is 30.5 Å². The summed E-state index contributed by atoms with van der Waals surface area (Å²) in [6.45, 7) is 0. The zero-order valence-electron chi connectivity index (χ0n) is 13.6. The third kappa shape index (κ3) is 3.32. The van der Waals surface area contributed by atoms with Crippen LogP contribution in [0.2, 0.25) is 5.02 Å². The van der Waals surface area contributed by atoms with E-state index in [0.717, 1.165) is 15.7 Å². The van der Waals surface area contributed by atoms with Crippen molar-refractivity contribution in [3.05, 3.63) is 93.3 Å². The maximum atomic E-state index is 13.0. The molecule has 0 saturated carbocycles. The molecule has 2 heterocycles. The Morgan fingerprint density at radius 3 is 2.50 bits per heavy atom. The summed E-state index contributed by atoms with van der Waals surface area (Å²) in [7, 11) is 0. The lowest BCUT2D eigenvalue weighted by Gasteiger charge is -2.19. The second-order valence-electron chi connectivity index (χ2n) is 5.95. The quantitative estimate of drug-likeness (QED) is 0.537. The molecule has 1 atom stereocenters. The molecular formula is C20H14BrClN2O2. The van der Waals surface area contributed by atoms with Crippen LogP contribution in [-0.4, -0.2) is 16.6 Å². The number of halogens is 2. The third-order valence-corrected chi connectivity index (χ3v) is 5.04. The first-order chi connectivity index (χ1) is 12.6. The summed E-state index contributed by atoms with van der Waals surface area (Å²) in [4.78, 5) is 13.0. The number of hydrogen-bond donors (Lipinski definition) is 0. The zero-order chi connectivity index (χ0) is 18.1. The zero-order valence-corrected chi connectivity index (χ0v) is 15.9. The van der Waals surface area contributed by atoms with Gasteiger partial charge in [0.25, 0.3) is 5.91 Å². The van der Waals surface area contributed by atoms with Gasteiger partial charge in [-0.3, -0.25) is 4.79 Å². The Morgan fingerprint density at radius 2 is 1.85 bits per heavy atom. The minimum Gasteiger partial charge on any atom is -0.467 e. The number of carbonyl (C=O) groups is 1. The predicted octanol–water partition coefficient (Wildman–Crippen LogP) is 5.69. The Balaban J connectivity index is 1.70. The van der Waals surface area contributed by atoms with Crippen LogP contribution in [0.25, 0.3) is 0 Å². The lowest BCUT2D eigenvalue weighted by molar-refractivity contribution is 0.0693. The fourth-order valence-electron chi connectivity index (χ4n) is 2.94. The Labute approximate surface area is 164 Å². The standard InChI is InChI=1S/C20H14BrClN2O2/c21-15-7-3-13(4-8-15)17-12-18(19-2-1-11-26-19)24(23-17)20(25)14-5-9-16(22)10-6-14/h1-11,18H,12H2/t18-/m0/s1. The Bertz CT molecular complexity index is 950. The van der Waals surface area contributed by atoms with E-state index in [1.165, 1.54) is 5.01 Å². The van der Waals surface area contributed by atoms with Gasteiger partial charge in [0.05, 0.1) is 12.0 Å². The van der Waals surface area contributed by atoms with E-state index in [9.17, 15) is 4.79 Å². The van der Waals surface area contributed by atoms with E-state index >= 15 is 0 Å². The molecule has 0 fully saturated rings. The van der Waals surface area contributed by atoms with Crippen molar-refractivity contribution in [2.75, 3.05) is 0 Å². The van der Waals surface area contributed by atoms with Gasteiger partial charge in [0.2, 0.25) is 0 Å². The Kier molecular flexibility index (Phi) is 4.66. The highest BCUT2D eigenvalue weighted by molar-refractivity contribution is 9.10. The lowest BCUT2D eigenvalue weighted by Crippen LogP contribution is -2.26. The van der Waals surface area contributed by atoms with Crippen LogP contribution in [-0.2, 0) is 0 Å². The van der Waals surface area contributed by atoms with Crippen LogP contribution >= 0.6 is 27.5 Å². The van der Waals surface area contributed by atoms with Crippen LogP contribution in [0.1, 0.15) is 34.1 Å². The summed E-state index contributed by atoms with van der Waals surface area (Å²) in [6, 6.07) is 18.1. The van der Waals surface area contributed by atoms with Crippen molar-refractivity contribution in [3.63, 3.8) is 0 Å². The van der Waals surface area contributed by atoms with E-state index in [4.69, 9.17) is 16.0 Å². The molecule has 1 aromatic heterocycles. The summed E-state index contributed by atoms with van der Waals surface area (Å²) < 4.78 is 6.56. The molecule has 0 saturated heterocycles. The molecule has 1 aliphatic heterocycles. The van der Waals surface area contributed by atoms with Gasteiger partial charge in [-0.25, -0.2) is 5.01 Å². The molecule has 0 unspecified atom stereocenters. The molecule has 3 aromatic rings. The normalized spacial score (nSPS) is 16.6. The van der Waals surface area contributed by atoms with Gasteiger partial charge in [0.15, 0.2) is 0 Å². The molecule has 4 rings (SSSR count). The minimum absolute atomic E-state index is 0.185. The summed E-state index contributed by atoms with van der Waals surface area (Å²) in [5, 5.41) is 6.70. The average Bonchev–Trinajstić information content (AvgIpc) is 3.32. The lowest BCUT2D eigenvalue weighted by atomic mass is 10.0. The van der Waals surface area contributed by atoms with Crippen LogP contribution in [0.5, 0.6) is 0 Å². The summed E-state index contributed by atoms with van der Waals surface area (Å²) in [5.41, 5.74) is 2.36. The van der Waals surface area contributed by atoms with Gasteiger partial charge in [-0.05, 0) is 54.1 Å². The van der Waals surface area contributed by atoms with Crippen molar-refractivity contribution >= 4 is 39.1 Å². The fourth-order valence-corrected chi connectivity index (χ4v) is 3.33. The number of furan rings is 1. The molecule has 1 aliphatic rings. The van der Waals surface area contributed by atoms with Gasteiger partial charge in [-0.1, -0.05) is 39.7 Å². The first kappa shape index (κ1) is 17.1. The Hall–Kier alpha value is -2.37. The highest BCUT2D eigenvalue weighted by atomic mass is 79.9. The van der Waals surface area contributed by atoms with Crippen molar-refractivity contribution in [2.45, 2.75) is 12.5 Å². The molecule has 0 aliphatic carbocycles. The van der Waals surface area contributed by atoms with Crippen LogP contribution in [0.15, 0.2) is 80.9 Å². The van der Waals surface area contributed by atoms with Gasteiger partial charge >= 0.3 is 0 Å². The van der Waals surface area contributed by atoms with Crippen molar-refractivity contribution in [2.24, 2.45) is 5.10 Å². The molecule has 130 valence electrons. The molecule has 6 heteroatoms. The fraction of sp³-hybridized carbons (Fsp3) is 0.100. The first-order valence-electron chi connectivity index (χ1n) is 8.08. The number of benzene rings is 2. The SMILES string of the molecule is O=C(c1ccc(Cl)cc1)N1N=C(c2ccc(Br)cc2)C[C@H]1c1ccco1. The van der Waals surface area contributed by atoms with Gasteiger partial charge in [0, 0.05) is 21.5 Å². The van der Waals surface area contributed by atoms with Crippen molar-refractivity contribution in [3.8, 4) is 0 Å². The summed E-state index contributed by atoms with van der Waals surface area (Å²) >= 11 is 9.37. The third-order valence-electron chi connectivity index (χ3n) is 4.26. The largest absolute Gasteiger partial charge is 0.467 e. The minimum atomic E-state index is -0.271. The second kappa shape index (κ2) is 7.09. The molecule has 0 spiro atoms. The Morgan fingerprint density at radius 1 is 1.12 bits per heavy atom. The highest BCUT2D eigenvalue weighted by Gasteiger charge is 2.35. The number of rotatable bonds is 3. The van der Waals surface area contributed by atoms with E-state index in [1.807, 2.05) is 36.4 Å². The molecule has 0 N–H and O–H groups in total. The summed E-state index contributed by atoms with van der Waals surface area (Å²) in [5.74, 6) is 0.526. The molecule has 1 amide bonds. The second-order valence-corrected chi connectivity index (χ2v) is 7.30. The molecule has 4 nitrogen and oxygen atoms in total. The number of nitrogens with zero attached hydrogens (tertiary/aromatic N) is 2. The van der Waals surface area contributed by atoms with Crippen molar-refractivity contribution < 1.29 is 9.21 Å². The number of amides is 1. The van der Waals surface area contributed by atoms with E-state index < -0.39 is 0 Å². The first-order valence-corrected chi connectivity index (χ1v) is 9.25. The van der Waals surface area contributed by atoms with Gasteiger partial charge in [-0.2, -0.15) is 5.10 Å². The molecule has 0 radical (unpaired) electrons. The maximum absolute atomic E-state index is 13.0. The summed E-state index contributed by atoms with van der Waals surface area (Å²) in [6.07, 6.45) is 2.20. The molecule has 26 heavy (non-hydrogen) atoms. The topological polar surface area (TPSA) is 45.8 Å². The van der Waals surface area contributed by atoms with Crippen molar-refractivity contribution in [1.82, 2.24) is 5.01 Å². The highest BCUT2D eigenvalue weighted by Crippen LogP contribution is 2.34. The van der Waals surface area contributed by atoms with Gasteiger partial charge in [0.1, 0.15) is 11.8 Å². The van der Waals surface area contributed by atoms with E-state index in [-0.39, 0.29) is 11.9 Å². The monoisotopic (exact) mass is 428 g/mol. The van der Waals surface area contributed by atoms with Crippen LogP contribution in [0.4, 0.5) is 0 Å². The van der Waals surface area contributed by atoms with Crippen LogP contribution in [0.3, 0.4) is 0 Å². The van der Waals surface area contributed by atoms with Crippen LogP contribution < -0.4 is 0 Å². The molecule has 2 aromatic carbocycles. The van der Waals surface area contributed by atoms with E-state index in [0.29, 0.717) is 22.8 Å². The van der Waals surface area contributed by atoms with Gasteiger partial charge in [-0.15, -0.1) is 0 Å². The van der Waals surface area contributed by atoms with Gasteiger partial charge < -0.3 is 4.42 Å². The van der Waals surface area contributed by atoms with Crippen molar-refractivity contribution in [1.29, 1.82) is 0 Å². The molecular weight excluding hydrogens is 416 g/mol. The molecule has 0 bridgehead atoms. The maximum Gasteiger partial charge on any atom is 0.274 e. The van der Waals surface area contributed by atoms with Crippen LogP contribution in [0, 0.1) is 0 Å². The number of carbonyl (C=O) groups excluding carboxylic acids is 1. The average molecular weight is 430 g/mol. The smallest absolute Gasteiger partial charge is 0.274 e. The number of hydrazone groups is 1. The van der Waals surface area contributed by atoms with E-state index in [2.05, 4.69) is 21.0 Å². The number of hydrogen-bond acceptors (Lipinski definition) is 3.